The molecule has 4 heteroatoms. The summed E-state index contributed by atoms with van der Waals surface area (Å²) in [7, 11) is 1.50. The van der Waals surface area contributed by atoms with E-state index in [1.165, 1.54) is 45.9 Å². The summed E-state index contributed by atoms with van der Waals surface area (Å²) in [6, 6.07) is 0.552. The van der Waals surface area contributed by atoms with E-state index in [-0.39, 0.29) is 5.97 Å². The zero-order valence-electron chi connectivity index (χ0n) is 12.4. The van der Waals surface area contributed by atoms with Gasteiger partial charge in [-0.3, -0.25) is 4.79 Å². The summed E-state index contributed by atoms with van der Waals surface area (Å²) in [5, 5.41) is 3.39. The second-order valence-electron chi connectivity index (χ2n) is 5.95. The number of methoxy groups -OCH3 is 1. The Labute approximate surface area is 116 Å². The Bertz CT molecular complexity index is 301. The molecular weight excluding hydrogens is 240 g/mol. The molecule has 19 heavy (non-hydrogen) atoms. The maximum atomic E-state index is 12.1. The Hall–Kier alpha value is -0.610. The smallest absolute Gasteiger partial charge is 0.326 e. The van der Waals surface area contributed by atoms with Gasteiger partial charge in [-0.2, -0.15) is 0 Å². The number of ether oxygens (including phenoxy) is 1. The van der Waals surface area contributed by atoms with Gasteiger partial charge in [0.1, 0.15) is 5.54 Å². The third-order valence-corrected chi connectivity index (χ3v) is 4.74. The van der Waals surface area contributed by atoms with Crippen LogP contribution in [0, 0.1) is 0 Å². The molecule has 1 heterocycles. The Morgan fingerprint density at radius 1 is 1.32 bits per heavy atom. The van der Waals surface area contributed by atoms with Crippen molar-refractivity contribution < 1.29 is 9.53 Å². The van der Waals surface area contributed by atoms with Crippen molar-refractivity contribution in [1.82, 2.24) is 10.2 Å². The minimum absolute atomic E-state index is 0.0772. The number of carbonyl (C=O) groups excluding carboxylic acids is 1. The first-order chi connectivity index (χ1) is 9.22. The average molecular weight is 268 g/mol. The first-order valence-corrected chi connectivity index (χ1v) is 7.79. The number of carbonyl (C=O) groups is 1. The van der Waals surface area contributed by atoms with Crippen LogP contribution in [0.1, 0.15) is 51.9 Å². The summed E-state index contributed by atoms with van der Waals surface area (Å²) < 4.78 is 5.03. The monoisotopic (exact) mass is 268 g/mol. The van der Waals surface area contributed by atoms with Gasteiger partial charge in [-0.1, -0.05) is 19.8 Å². The maximum absolute atomic E-state index is 12.1. The molecule has 1 saturated heterocycles. The van der Waals surface area contributed by atoms with Crippen molar-refractivity contribution in [3.05, 3.63) is 0 Å². The molecule has 1 N–H and O–H groups in total. The van der Waals surface area contributed by atoms with Crippen molar-refractivity contribution in [3.8, 4) is 0 Å². The molecule has 0 spiro atoms. The number of nitrogens with zero attached hydrogens (tertiary/aromatic N) is 1. The van der Waals surface area contributed by atoms with Gasteiger partial charge in [0, 0.05) is 6.04 Å². The minimum atomic E-state index is -0.430. The molecule has 0 aromatic rings. The van der Waals surface area contributed by atoms with Crippen molar-refractivity contribution in [1.29, 1.82) is 0 Å². The van der Waals surface area contributed by atoms with Crippen molar-refractivity contribution in [2.45, 2.75) is 63.5 Å². The summed E-state index contributed by atoms with van der Waals surface area (Å²) in [6.07, 6.45) is 8.27. The fraction of sp³-hybridized carbons (Fsp3) is 0.933. The molecule has 0 bridgehead atoms. The minimum Gasteiger partial charge on any atom is -0.468 e. The van der Waals surface area contributed by atoms with Crippen LogP contribution < -0.4 is 5.32 Å². The topological polar surface area (TPSA) is 41.6 Å². The average Bonchev–Trinajstić information content (AvgIpc) is 2.68. The van der Waals surface area contributed by atoms with E-state index in [1.54, 1.807) is 0 Å². The van der Waals surface area contributed by atoms with Crippen molar-refractivity contribution in [3.63, 3.8) is 0 Å². The highest BCUT2D eigenvalue weighted by atomic mass is 16.5. The number of hydrogen-bond acceptors (Lipinski definition) is 4. The fourth-order valence-corrected chi connectivity index (χ4v) is 3.74. The van der Waals surface area contributed by atoms with Crippen molar-refractivity contribution >= 4 is 5.97 Å². The third kappa shape index (κ3) is 3.29. The predicted octanol–water partition coefficient (Wildman–Crippen LogP) is 1.94. The lowest BCUT2D eigenvalue weighted by atomic mass is 9.97. The van der Waals surface area contributed by atoms with Crippen LogP contribution in [0.2, 0.25) is 0 Å². The molecule has 2 unspecified atom stereocenters. The van der Waals surface area contributed by atoms with E-state index in [0.29, 0.717) is 6.04 Å². The van der Waals surface area contributed by atoms with Gasteiger partial charge < -0.3 is 15.0 Å². The summed E-state index contributed by atoms with van der Waals surface area (Å²) in [4.78, 5) is 14.7. The van der Waals surface area contributed by atoms with E-state index in [2.05, 4.69) is 17.1 Å². The van der Waals surface area contributed by atoms with Crippen molar-refractivity contribution in [2.75, 3.05) is 26.7 Å². The highest BCUT2D eigenvalue weighted by molar-refractivity contribution is 5.81. The van der Waals surface area contributed by atoms with Crippen molar-refractivity contribution in [2.24, 2.45) is 0 Å². The third-order valence-electron chi connectivity index (χ3n) is 4.74. The van der Waals surface area contributed by atoms with E-state index < -0.39 is 5.54 Å². The Kier molecular flexibility index (Phi) is 5.22. The van der Waals surface area contributed by atoms with E-state index >= 15 is 0 Å². The van der Waals surface area contributed by atoms with E-state index in [1.807, 2.05) is 0 Å². The molecule has 1 aliphatic carbocycles. The first kappa shape index (κ1) is 14.8. The molecule has 2 atom stereocenters. The van der Waals surface area contributed by atoms with Crippen LogP contribution in [0.5, 0.6) is 0 Å². The summed E-state index contributed by atoms with van der Waals surface area (Å²) in [5.41, 5.74) is -0.430. The molecule has 2 rings (SSSR count). The van der Waals surface area contributed by atoms with Crippen LogP contribution >= 0.6 is 0 Å². The van der Waals surface area contributed by atoms with Gasteiger partial charge in [-0.15, -0.1) is 0 Å². The van der Waals surface area contributed by atoms with Gasteiger partial charge >= 0.3 is 5.97 Å². The van der Waals surface area contributed by atoms with Crippen LogP contribution in [0.4, 0.5) is 0 Å². The van der Waals surface area contributed by atoms with Crippen LogP contribution in [-0.2, 0) is 9.53 Å². The Morgan fingerprint density at radius 3 is 2.58 bits per heavy atom. The van der Waals surface area contributed by atoms with Gasteiger partial charge in [-0.25, -0.2) is 0 Å². The zero-order chi connectivity index (χ0) is 13.7. The van der Waals surface area contributed by atoms with Crippen LogP contribution in [0.15, 0.2) is 0 Å². The molecule has 0 radical (unpaired) electrons. The molecular formula is C15H28N2O2. The van der Waals surface area contributed by atoms with Crippen LogP contribution in [0.3, 0.4) is 0 Å². The molecule has 2 aliphatic rings. The molecule has 1 aliphatic heterocycles. The highest BCUT2D eigenvalue weighted by Gasteiger charge is 2.47. The standard InChI is InChI=1S/C15H28N2O2/c1-3-16-15(14(18)19-2)9-8-13(12-15)17-10-6-4-5-7-11-17/h13,16H,3-12H2,1-2H3. The second-order valence-corrected chi connectivity index (χ2v) is 5.95. The second kappa shape index (κ2) is 6.71. The summed E-state index contributed by atoms with van der Waals surface area (Å²) in [6.45, 7) is 5.29. The SMILES string of the molecule is CCNC1(C(=O)OC)CCC(N2CCCCCC2)C1. The van der Waals surface area contributed by atoms with Gasteiger partial charge in [-0.05, 0) is 51.7 Å². The van der Waals surface area contributed by atoms with Gasteiger partial charge in [0.05, 0.1) is 7.11 Å². The molecule has 1 saturated carbocycles. The van der Waals surface area contributed by atoms with E-state index in [9.17, 15) is 4.79 Å². The number of nitrogens with one attached hydrogen (secondary N) is 1. The Morgan fingerprint density at radius 2 is 2.00 bits per heavy atom. The lowest BCUT2D eigenvalue weighted by Crippen LogP contribution is -2.52. The van der Waals surface area contributed by atoms with E-state index in [4.69, 9.17) is 4.74 Å². The first-order valence-electron chi connectivity index (χ1n) is 7.79. The van der Waals surface area contributed by atoms with Gasteiger partial charge in [0.15, 0.2) is 0 Å². The number of hydrogen-bond donors (Lipinski definition) is 1. The lowest BCUT2D eigenvalue weighted by molar-refractivity contribution is -0.148. The fourth-order valence-electron chi connectivity index (χ4n) is 3.74. The van der Waals surface area contributed by atoms with Gasteiger partial charge in [0.25, 0.3) is 0 Å². The maximum Gasteiger partial charge on any atom is 0.326 e. The highest BCUT2D eigenvalue weighted by Crippen LogP contribution is 2.35. The number of rotatable bonds is 4. The Balaban J connectivity index is 2.00. The quantitative estimate of drug-likeness (QED) is 0.791. The molecule has 0 aromatic heterocycles. The molecule has 2 fully saturated rings. The van der Waals surface area contributed by atoms with E-state index in [0.717, 1.165) is 25.8 Å². The normalized spacial score (nSPS) is 33.1. The van der Waals surface area contributed by atoms with Gasteiger partial charge in [0.2, 0.25) is 0 Å². The van der Waals surface area contributed by atoms with Crippen LogP contribution in [0.25, 0.3) is 0 Å². The molecule has 110 valence electrons. The lowest BCUT2D eigenvalue weighted by Gasteiger charge is -2.31. The molecule has 0 aromatic carbocycles. The summed E-state index contributed by atoms with van der Waals surface area (Å²) >= 11 is 0. The summed E-state index contributed by atoms with van der Waals surface area (Å²) in [5.74, 6) is -0.0772. The number of likely N-dealkylation sites (N-methyl/N-ethyl adjacent to an activating group) is 1. The number of likely N-dealkylation sites (tertiary alicyclic amines) is 1. The zero-order valence-corrected chi connectivity index (χ0v) is 12.4. The largest absolute Gasteiger partial charge is 0.468 e. The molecule has 4 nitrogen and oxygen atoms in total. The predicted molar refractivity (Wildman–Crippen MR) is 76.1 cm³/mol. The number of esters is 1. The van der Waals surface area contributed by atoms with Crippen LogP contribution in [-0.4, -0.2) is 49.2 Å². The molecule has 0 amide bonds.